The van der Waals surface area contributed by atoms with Gasteiger partial charge in [-0.3, -0.25) is 0 Å². The molecule has 0 N–H and O–H groups in total. The minimum atomic E-state index is -0.677. The van der Waals surface area contributed by atoms with Crippen molar-refractivity contribution < 1.29 is 18.7 Å². The van der Waals surface area contributed by atoms with Gasteiger partial charge in [-0.15, -0.1) is 0 Å². The number of carbonyl (C=O) groups excluding carboxylic acids is 1. The summed E-state index contributed by atoms with van der Waals surface area (Å²) >= 11 is 0. The fraction of sp³-hybridized carbons (Fsp3) is 0.483. The van der Waals surface area contributed by atoms with Gasteiger partial charge in [0.15, 0.2) is 0 Å². The molecule has 4 heteroatoms. The predicted molar refractivity (Wildman–Crippen MR) is 129 cm³/mol. The summed E-state index contributed by atoms with van der Waals surface area (Å²) in [5.41, 5.74) is 0.993. The SMILES string of the molecule is C/C=C/CCC1CCC2CC(c3ccc(C(=O)Oc4ccc(OC)cc4)c(F)c3)CCC2C1. The molecule has 4 unspecified atom stereocenters. The molecule has 2 aliphatic carbocycles. The molecule has 2 aromatic carbocycles. The van der Waals surface area contributed by atoms with Crippen LogP contribution in [0.5, 0.6) is 11.5 Å². The van der Waals surface area contributed by atoms with Gasteiger partial charge < -0.3 is 9.47 Å². The lowest BCUT2D eigenvalue weighted by Crippen LogP contribution is -2.30. The summed E-state index contributed by atoms with van der Waals surface area (Å²) in [6, 6.07) is 11.7. The summed E-state index contributed by atoms with van der Waals surface area (Å²) in [5, 5.41) is 0. The van der Waals surface area contributed by atoms with E-state index in [1.54, 1.807) is 43.5 Å². The van der Waals surface area contributed by atoms with Crippen LogP contribution in [-0.2, 0) is 0 Å². The second kappa shape index (κ2) is 11.0. The molecule has 2 fully saturated rings. The van der Waals surface area contributed by atoms with Crippen LogP contribution in [0.15, 0.2) is 54.6 Å². The number of halogens is 1. The van der Waals surface area contributed by atoms with E-state index in [1.165, 1.54) is 38.5 Å². The zero-order chi connectivity index (χ0) is 23.2. The van der Waals surface area contributed by atoms with Crippen LogP contribution < -0.4 is 9.47 Å². The molecule has 2 aliphatic rings. The van der Waals surface area contributed by atoms with E-state index >= 15 is 0 Å². The molecule has 0 radical (unpaired) electrons. The molecule has 2 saturated carbocycles. The minimum absolute atomic E-state index is 0.0232. The largest absolute Gasteiger partial charge is 0.497 e. The third kappa shape index (κ3) is 5.85. The highest BCUT2D eigenvalue weighted by Gasteiger charge is 2.36. The van der Waals surface area contributed by atoms with Gasteiger partial charge in [0.2, 0.25) is 0 Å². The van der Waals surface area contributed by atoms with Crippen molar-refractivity contribution in [2.24, 2.45) is 17.8 Å². The van der Waals surface area contributed by atoms with Crippen LogP contribution in [0.3, 0.4) is 0 Å². The molecule has 0 saturated heterocycles. The summed E-state index contributed by atoms with van der Waals surface area (Å²) in [7, 11) is 1.57. The molecule has 0 aromatic heterocycles. The molecule has 4 atom stereocenters. The van der Waals surface area contributed by atoms with Gasteiger partial charge in [-0.25, -0.2) is 9.18 Å². The van der Waals surface area contributed by atoms with Gasteiger partial charge in [-0.2, -0.15) is 0 Å². The van der Waals surface area contributed by atoms with Crippen molar-refractivity contribution in [2.45, 2.75) is 64.2 Å². The maximum absolute atomic E-state index is 14.9. The Morgan fingerprint density at radius 1 is 1.00 bits per heavy atom. The van der Waals surface area contributed by atoms with E-state index in [9.17, 15) is 9.18 Å². The van der Waals surface area contributed by atoms with Crippen LogP contribution in [0.4, 0.5) is 4.39 Å². The topological polar surface area (TPSA) is 35.5 Å². The number of esters is 1. The van der Waals surface area contributed by atoms with Crippen molar-refractivity contribution in [3.05, 3.63) is 71.6 Å². The number of hydrogen-bond donors (Lipinski definition) is 0. The van der Waals surface area contributed by atoms with Gasteiger partial charge in [0.1, 0.15) is 17.3 Å². The molecule has 33 heavy (non-hydrogen) atoms. The van der Waals surface area contributed by atoms with Crippen molar-refractivity contribution in [3.8, 4) is 11.5 Å². The summed E-state index contributed by atoms with van der Waals surface area (Å²) in [6.45, 7) is 2.09. The number of allylic oxidation sites excluding steroid dienone is 2. The van der Waals surface area contributed by atoms with E-state index in [2.05, 4.69) is 19.1 Å². The number of carbonyl (C=O) groups is 1. The Hall–Kier alpha value is -2.62. The normalized spacial score (nSPS) is 24.9. The van der Waals surface area contributed by atoms with Crippen LogP contribution in [0.2, 0.25) is 0 Å². The van der Waals surface area contributed by atoms with E-state index in [1.807, 2.05) is 6.07 Å². The number of hydrogen-bond acceptors (Lipinski definition) is 3. The van der Waals surface area contributed by atoms with Gasteiger partial charge in [-0.1, -0.05) is 24.6 Å². The lowest BCUT2D eigenvalue weighted by Gasteiger charge is -2.42. The highest BCUT2D eigenvalue weighted by atomic mass is 19.1. The number of methoxy groups -OCH3 is 1. The van der Waals surface area contributed by atoms with Crippen molar-refractivity contribution in [1.82, 2.24) is 0 Å². The molecule has 0 heterocycles. The Kier molecular flexibility index (Phi) is 7.85. The predicted octanol–water partition coefficient (Wildman–Crippen LogP) is 7.71. The summed E-state index contributed by atoms with van der Waals surface area (Å²) in [6.07, 6.45) is 14.4. The molecular formula is C29H35FO3. The van der Waals surface area contributed by atoms with E-state index in [-0.39, 0.29) is 5.56 Å². The highest BCUT2D eigenvalue weighted by Crippen LogP contribution is 2.48. The van der Waals surface area contributed by atoms with Crippen LogP contribution >= 0.6 is 0 Å². The average Bonchev–Trinajstić information content (AvgIpc) is 2.84. The minimum Gasteiger partial charge on any atom is -0.497 e. The standard InChI is InChI=1S/C29H35FO3/c1-3-4-5-6-20-7-8-22-18-23(10-9-21(22)17-20)24-11-16-27(28(30)19-24)29(31)33-26-14-12-25(32-2)13-15-26/h3-4,11-16,19-23H,5-10,17-18H2,1-2H3/b4-3+. The average molecular weight is 451 g/mol. The second-order valence-electron chi connectivity index (χ2n) is 9.66. The Bertz CT molecular complexity index is 965. The molecule has 176 valence electrons. The first-order valence-electron chi connectivity index (χ1n) is 12.3. The van der Waals surface area contributed by atoms with Crippen LogP contribution in [0, 0.1) is 23.6 Å². The monoisotopic (exact) mass is 450 g/mol. The molecule has 0 amide bonds. The maximum Gasteiger partial charge on any atom is 0.346 e. The molecule has 2 aromatic rings. The third-order valence-electron chi connectivity index (χ3n) is 7.65. The Morgan fingerprint density at radius 3 is 2.45 bits per heavy atom. The van der Waals surface area contributed by atoms with Gasteiger partial charge in [0.25, 0.3) is 0 Å². The molecule has 3 nitrogen and oxygen atoms in total. The van der Waals surface area contributed by atoms with Crippen molar-refractivity contribution >= 4 is 5.97 Å². The smallest absolute Gasteiger partial charge is 0.346 e. The number of benzene rings is 2. The highest BCUT2D eigenvalue weighted by molar-refractivity contribution is 5.91. The summed E-state index contributed by atoms with van der Waals surface area (Å²) in [5.74, 6) is 2.69. The Balaban J connectivity index is 1.35. The number of rotatable bonds is 7. The van der Waals surface area contributed by atoms with Crippen LogP contribution in [0.25, 0.3) is 0 Å². The zero-order valence-electron chi connectivity index (χ0n) is 19.8. The number of ether oxygens (including phenoxy) is 2. The third-order valence-corrected chi connectivity index (χ3v) is 7.65. The van der Waals surface area contributed by atoms with Crippen molar-refractivity contribution in [1.29, 1.82) is 0 Å². The summed E-state index contributed by atoms with van der Waals surface area (Å²) < 4.78 is 25.3. The van der Waals surface area contributed by atoms with E-state index in [0.717, 1.165) is 36.2 Å². The second-order valence-corrected chi connectivity index (χ2v) is 9.66. The zero-order valence-corrected chi connectivity index (χ0v) is 19.8. The maximum atomic E-state index is 14.9. The van der Waals surface area contributed by atoms with Crippen LogP contribution in [-0.4, -0.2) is 13.1 Å². The fourth-order valence-corrected chi connectivity index (χ4v) is 5.81. The first kappa shape index (κ1) is 23.5. The van der Waals surface area contributed by atoms with E-state index < -0.39 is 11.8 Å². The molecule has 0 bridgehead atoms. The van der Waals surface area contributed by atoms with Crippen LogP contribution in [0.1, 0.15) is 80.1 Å². The lowest BCUT2D eigenvalue weighted by atomic mass is 9.63. The van der Waals surface area contributed by atoms with Gasteiger partial charge >= 0.3 is 5.97 Å². The molecule has 0 aliphatic heterocycles. The molecule has 0 spiro atoms. The van der Waals surface area contributed by atoms with Crippen molar-refractivity contribution in [3.63, 3.8) is 0 Å². The first-order valence-corrected chi connectivity index (χ1v) is 12.3. The van der Waals surface area contributed by atoms with E-state index in [4.69, 9.17) is 9.47 Å². The first-order chi connectivity index (χ1) is 16.1. The number of fused-ring (bicyclic) bond motifs is 1. The fourth-order valence-electron chi connectivity index (χ4n) is 5.81. The summed E-state index contributed by atoms with van der Waals surface area (Å²) in [4.78, 5) is 12.5. The van der Waals surface area contributed by atoms with Crippen molar-refractivity contribution in [2.75, 3.05) is 7.11 Å². The Labute approximate surface area is 197 Å². The lowest BCUT2D eigenvalue weighted by molar-refractivity contribution is 0.0729. The van der Waals surface area contributed by atoms with Gasteiger partial charge in [0.05, 0.1) is 12.7 Å². The Morgan fingerprint density at radius 2 is 1.73 bits per heavy atom. The van der Waals surface area contributed by atoms with Gasteiger partial charge in [-0.05, 0) is 118 Å². The quantitative estimate of drug-likeness (QED) is 0.246. The van der Waals surface area contributed by atoms with E-state index in [0.29, 0.717) is 17.4 Å². The molecular weight excluding hydrogens is 415 g/mol. The molecule has 4 rings (SSSR count). The van der Waals surface area contributed by atoms with Gasteiger partial charge in [0, 0.05) is 0 Å².